The molecule has 1 aliphatic rings. The maximum Gasteiger partial charge on any atom is 0.257 e. The molecular weight excluding hydrogens is 316 g/mol. The number of carbonyl (C=O) groups is 1. The molecule has 1 aromatic carbocycles. The molecule has 2 N–H and O–H groups in total. The Morgan fingerprint density at radius 3 is 2.72 bits per heavy atom. The van der Waals surface area contributed by atoms with E-state index in [-0.39, 0.29) is 12.0 Å². The number of aryl methyl sites for hydroxylation is 1. The van der Waals surface area contributed by atoms with E-state index in [0.717, 1.165) is 24.5 Å². The lowest BCUT2D eigenvalue weighted by Crippen LogP contribution is -2.36. The third-order valence-corrected chi connectivity index (χ3v) is 4.35. The summed E-state index contributed by atoms with van der Waals surface area (Å²) in [7, 11) is 0. The predicted molar refractivity (Wildman–Crippen MR) is 95.5 cm³/mol. The van der Waals surface area contributed by atoms with Gasteiger partial charge in [-0.05, 0) is 50.1 Å². The fourth-order valence-corrected chi connectivity index (χ4v) is 2.89. The van der Waals surface area contributed by atoms with Crippen molar-refractivity contribution in [2.75, 3.05) is 23.3 Å². The van der Waals surface area contributed by atoms with Gasteiger partial charge < -0.3 is 15.3 Å². The number of hydrogen-bond acceptors (Lipinski definition) is 5. The number of anilines is 2. The smallest absolute Gasteiger partial charge is 0.257 e. The molecule has 1 saturated heterocycles. The van der Waals surface area contributed by atoms with Crippen molar-refractivity contribution in [2.45, 2.75) is 25.9 Å². The first kappa shape index (κ1) is 16.9. The Balaban J connectivity index is 1.76. The molecule has 1 aliphatic heterocycles. The summed E-state index contributed by atoms with van der Waals surface area (Å²) in [5.41, 5.74) is 3.24. The second-order valence-electron chi connectivity index (χ2n) is 6.20. The molecule has 2 heterocycles. The summed E-state index contributed by atoms with van der Waals surface area (Å²) < 4.78 is 0. The number of aliphatic hydroxyl groups is 1. The number of piperidine rings is 1. The van der Waals surface area contributed by atoms with Crippen LogP contribution in [0.5, 0.6) is 0 Å². The van der Waals surface area contributed by atoms with Crippen LogP contribution in [0.15, 0.2) is 36.5 Å². The number of nitrogens with one attached hydrogen (secondary N) is 1. The van der Waals surface area contributed by atoms with Crippen LogP contribution in [0.1, 0.15) is 34.5 Å². The Morgan fingerprint density at radius 1 is 1.32 bits per heavy atom. The fourth-order valence-electron chi connectivity index (χ4n) is 2.89. The molecule has 0 bridgehead atoms. The van der Waals surface area contributed by atoms with Gasteiger partial charge in [0.25, 0.3) is 5.91 Å². The van der Waals surface area contributed by atoms with Gasteiger partial charge in [-0.1, -0.05) is 0 Å². The number of amides is 1. The van der Waals surface area contributed by atoms with E-state index in [1.807, 2.05) is 13.0 Å². The summed E-state index contributed by atoms with van der Waals surface area (Å²) in [4.78, 5) is 18.5. The molecule has 0 unspecified atom stereocenters. The Morgan fingerprint density at radius 2 is 2.08 bits per heavy atom. The van der Waals surface area contributed by atoms with Gasteiger partial charge in [-0.25, -0.2) is 0 Å². The second-order valence-corrected chi connectivity index (χ2v) is 6.20. The Labute approximate surface area is 146 Å². The normalized spacial score (nSPS) is 14.8. The van der Waals surface area contributed by atoms with Crippen molar-refractivity contribution in [1.82, 2.24) is 4.98 Å². The van der Waals surface area contributed by atoms with Crippen LogP contribution in [0.25, 0.3) is 0 Å². The monoisotopic (exact) mass is 336 g/mol. The Kier molecular flexibility index (Phi) is 4.96. The molecule has 0 spiro atoms. The van der Waals surface area contributed by atoms with Crippen molar-refractivity contribution in [2.24, 2.45) is 0 Å². The molecule has 25 heavy (non-hydrogen) atoms. The van der Waals surface area contributed by atoms with Gasteiger partial charge in [0.15, 0.2) is 0 Å². The maximum atomic E-state index is 12.3. The zero-order valence-corrected chi connectivity index (χ0v) is 14.1. The SMILES string of the molecule is Cc1ccc(C(=O)Nc2ccc(N3CCC(O)CC3)c(C#N)c2)cn1. The van der Waals surface area contributed by atoms with Crippen LogP contribution in [0.2, 0.25) is 0 Å². The average Bonchev–Trinajstić information content (AvgIpc) is 2.63. The summed E-state index contributed by atoms with van der Waals surface area (Å²) in [6.07, 6.45) is 2.67. The number of hydrogen-bond donors (Lipinski definition) is 2. The van der Waals surface area contributed by atoms with Gasteiger partial charge >= 0.3 is 0 Å². The molecule has 1 amide bonds. The minimum absolute atomic E-state index is 0.259. The number of aromatic nitrogens is 1. The number of pyridine rings is 1. The molecule has 0 aliphatic carbocycles. The number of carbonyl (C=O) groups excluding carboxylic acids is 1. The van der Waals surface area contributed by atoms with E-state index in [9.17, 15) is 15.2 Å². The van der Waals surface area contributed by atoms with Crippen LogP contribution in [-0.4, -0.2) is 35.2 Å². The minimum Gasteiger partial charge on any atom is -0.393 e. The third-order valence-electron chi connectivity index (χ3n) is 4.35. The van der Waals surface area contributed by atoms with E-state index in [4.69, 9.17) is 0 Å². The number of nitriles is 1. The molecule has 6 nitrogen and oxygen atoms in total. The molecule has 128 valence electrons. The van der Waals surface area contributed by atoms with Crippen molar-refractivity contribution < 1.29 is 9.90 Å². The molecule has 1 aromatic heterocycles. The zero-order chi connectivity index (χ0) is 17.8. The van der Waals surface area contributed by atoms with Crippen LogP contribution < -0.4 is 10.2 Å². The van der Waals surface area contributed by atoms with E-state index < -0.39 is 0 Å². The van der Waals surface area contributed by atoms with E-state index in [1.165, 1.54) is 6.20 Å². The summed E-state index contributed by atoms with van der Waals surface area (Å²) >= 11 is 0. The summed E-state index contributed by atoms with van der Waals surface area (Å²) in [5.74, 6) is -0.259. The van der Waals surface area contributed by atoms with Gasteiger partial charge in [-0.15, -0.1) is 0 Å². The zero-order valence-electron chi connectivity index (χ0n) is 14.1. The first-order chi connectivity index (χ1) is 12.1. The number of aliphatic hydroxyl groups excluding tert-OH is 1. The largest absolute Gasteiger partial charge is 0.393 e. The summed E-state index contributed by atoms with van der Waals surface area (Å²) in [5, 5.41) is 21.9. The first-order valence-corrected chi connectivity index (χ1v) is 8.28. The molecule has 0 atom stereocenters. The first-order valence-electron chi connectivity index (χ1n) is 8.28. The molecule has 0 radical (unpaired) electrons. The van der Waals surface area contributed by atoms with E-state index in [1.54, 1.807) is 24.3 Å². The van der Waals surface area contributed by atoms with Gasteiger partial charge in [0.05, 0.1) is 22.9 Å². The van der Waals surface area contributed by atoms with Gasteiger partial charge in [0.1, 0.15) is 6.07 Å². The van der Waals surface area contributed by atoms with Crippen LogP contribution in [-0.2, 0) is 0 Å². The molecule has 1 fully saturated rings. The van der Waals surface area contributed by atoms with Gasteiger partial charge in [-0.2, -0.15) is 5.26 Å². The quantitative estimate of drug-likeness (QED) is 0.899. The van der Waals surface area contributed by atoms with Crippen molar-refractivity contribution >= 4 is 17.3 Å². The van der Waals surface area contributed by atoms with Gasteiger partial charge in [-0.3, -0.25) is 9.78 Å². The van der Waals surface area contributed by atoms with E-state index >= 15 is 0 Å². The van der Waals surface area contributed by atoms with Crippen LogP contribution in [0, 0.1) is 18.3 Å². The summed E-state index contributed by atoms with van der Waals surface area (Å²) in [6.45, 7) is 3.30. The van der Waals surface area contributed by atoms with Crippen molar-refractivity contribution in [3.63, 3.8) is 0 Å². The predicted octanol–water partition coefficient (Wildman–Crippen LogP) is 2.48. The number of nitrogens with zero attached hydrogens (tertiary/aromatic N) is 3. The molecule has 2 aromatic rings. The van der Waals surface area contributed by atoms with Crippen LogP contribution >= 0.6 is 0 Å². The lowest BCUT2D eigenvalue weighted by Gasteiger charge is -2.32. The minimum atomic E-state index is -0.261. The van der Waals surface area contributed by atoms with Crippen molar-refractivity contribution in [3.8, 4) is 6.07 Å². The molecule has 6 heteroatoms. The van der Waals surface area contributed by atoms with Gasteiger partial charge in [0.2, 0.25) is 0 Å². The highest BCUT2D eigenvalue weighted by atomic mass is 16.3. The highest BCUT2D eigenvalue weighted by Crippen LogP contribution is 2.27. The molecular formula is C19H20N4O2. The molecule has 0 saturated carbocycles. The highest BCUT2D eigenvalue weighted by Gasteiger charge is 2.20. The topological polar surface area (TPSA) is 89.3 Å². The van der Waals surface area contributed by atoms with Crippen LogP contribution in [0.4, 0.5) is 11.4 Å². The third kappa shape index (κ3) is 3.95. The second kappa shape index (κ2) is 7.32. The Bertz CT molecular complexity index is 803. The van der Waals surface area contributed by atoms with Crippen molar-refractivity contribution in [3.05, 3.63) is 53.3 Å². The lowest BCUT2D eigenvalue weighted by atomic mass is 10.0. The highest BCUT2D eigenvalue weighted by molar-refractivity contribution is 6.04. The number of rotatable bonds is 3. The van der Waals surface area contributed by atoms with Crippen LogP contribution in [0.3, 0.4) is 0 Å². The molecule has 3 rings (SSSR count). The Hall–Kier alpha value is -2.91. The van der Waals surface area contributed by atoms with Crippen molar-refractivity contribution in [1.29, 1.82) is 5.26 Å². The van der Waals surface area contributed by atoms with Gasteiger partial charge in [0, 0.05) is 30.7 Å². The standard InChI is InChI=1S/C19H20N4O2/c1-13-2-3-14(12-21-13)19(25)22-16-4-5-18(15(10-16)11-20)23-8-6-17(24)7-9-23/h2-5,10,12,17,24H,6-9H2,1H3,(H,22,25). The van der Waals surface area contributed by atoms with E-state index in [0.29, 0.717) is 29.7 Å². The fraction of sp³-hybridized carbons (Fsp3) is 0.316. The van der Waals surface area contributed by atoms with E-state index in [2.05, 4.69) is 21.3 Å². The lowest BCUT2D eigenvalue weighted by molar-refractivity contribution is 0.102. The summed E-state index contributed by atoms with van der Waals surface area (Å²) in [6, 6.07) is 11.0. The maximum absolute atomic E-state index is 12.3. The number of benzene rings is 1. The average molecular weight is 336 g/mol.